The summed E-state index contributed by atoms with van der Waals surface area (Å²) in [5.41, 5.74) is 0.334. The Labute approximate surface area is 268 Å². The van der Waals surface area contributed by atoms with Crippen LogP contribution in [0.15, 0.2) is 82.8 Å². The van der Waals surface area contributed by atoms with Gasteiger partial charge < -0.3 is 5.32 Å². The smallest absolute Gasteiger partial charge is 0.273 e. The van der Waals surface area contributed by atoms with Crippen LogP contribution in [0.1, 0.15) is 67.4 Å². The molecular formula is C33H32F5N5O3S. The zero-order valence-electron chi connectivity index (χ0n) is 25.4. The number of nitrogens with zero attached hydrogens (tertiary/aromatic N) is 4. The van der Waals surface area contributed by atoms with Gasteiger partial charge >= 0.3 is 0 Å². The summed E-state index contributed by atoms with van der Waals surface area (Å²) < 4.78 is 104. The lowest BCUT2D eigenvalue weighted by Crippen LogP contribution is -2.59. The lowest BCUT2D eigenvalue weighted by molar-refractivity contribution is -0.116. The average Bonchev–Trinajstić information content (AvgIpc) is 3.47. The van der Waals surface area contributed by atoms with Crippen molar-refractivity contribution in [3.05, 3.63) is 94.9 Å². The molecule has 1 N–H and O–H groups in total. The minimum absolute atomic E-state index is 0.00200. The van der Waals surface area contributed by atoms with E-state index in [0.29, 0.717) is 22.5 Å². The SMILES string of the molecule is Cn1ccc(S(=O)(=O)N(C2CC(F)(F)C2)[C@H]2CCC3=CC(Nc4ccc(F)cc4)=C4CCC(F)(F)c5ccnc(c5)C(=O)[C@@]3(C4)C2)n1. The first-order valence-corrected chi connectivity index (χ1v) is 16.9. The van der Waals surface area contributed by atoms with Crippen LogP contribution >= 0.6 is 0 Å². The molecule has 2 aromatic heterocycles. The number of rotatable bonds is 6. The number of Topliss-reactive ketones (excluding diaryl/α,β-unsaturated/α-hetero) is 1. The number of pyridine rings is 1. The van der Waals surface area contributed by atoms with Gasteiger partial charge in [-0.05, 0) is 86.2 Å². The van der Waals surface area contributed by atoms with E-state index in [1.165, 1.54) is 53.5 Å². The molecule has 2 atom stereocenters. The van der Waals surface area contributed by atoms with Crippen molar-refractivity contribution in [2.75, 3.05) is 5.32 Å². The number of aryl methyl sites for hydroxylation is 1. The fourth-order valence-electron chi connectivity index (χ4n) is 7.52. The maximum Gasteiger partial charge on any atom is 0.273 e. The fraction of sp³-hybridized carbons (Fsp3) is 0.424. The molecule has 1 aromatic carbocycles. The Morgan fingerprint density at radius 2 is 1.74 bits per heavy atom. The largest absolute Gasteiger partial charge is 0.356 e. The summed E-state index contributed by atoms with van der Waals surface area (Å²) >= 11 is 0. The van der Waals surface area contributed by atoms with Crippen LogP contribution in [-0.2, 0) is 23.0 Å². The first-order chi connectivity index (χ1) is 22.2. The summed E-state index contributed by atoms with van der Waals surface area (Å²) in [5, 5.41) is 7.01. The quantitative estimate of drug-likeness (QED) is 0.291. The molecule has 0 unspecified atom stereocenters. The Morgan fingerprint density at radius 1 is 1.00 bits per heavy atom. The third kappa shape index (κ3) is 5.58. The van der Waals surface area contributed by atoms with Crippen LogP contribution in [0.25, 0.3) is 0 Å². The molecule has 4 bridgehead atoms. The van der Waals surface area contributed by atoms with Gasteiger partial charge in [0.2, 0.25) is 0 Å². The van der Waals surface area contributed by atoms with Gasteiger partial charge in [0.25, 0.3) is 21.9 Å². The van der Waals surface area contributed by atoms with Gasteiger partial charge in [0.15, 0.2) is 10.8 Å². The zero-order chi connectivity index (χ0) is 33.4. The molecule has 1 spiro atoms. The van der Waals surface area contributed by atoms with Crippen LogP contribution in [-0.4, -0.2) is 51.3 Å². The number of benzene rings is 1. The van der Waals surface area contributed by atoms with Crippen molar-refractivity contribution >= 4 is 21.5 Å². The number of carbonyl (C=O) groups is 1. The second kappa shape index (κ2) is 11.1. The predicted octanol–water partition coefficient (Wildman–Crippen LogP) is 6.75. The zero-order valence-corrected chi connectivity index (χ0v) is 26.2. The van der Waals surface area contributed by atoms with Crippen molar-refractivity contribution in [2.24, 2.45) is 12.5 Å². The van der Waals surface area contributed by atoms with Crippen LogP contribution in [0.3, 0.4) is 0 Å². The van der Waals surface area contributed by atoms with E-state index >= 15 is 8.78 Å². The molecule has 14 heteroatoms. The van der Waals surface area contributed by atoms with E-state index in [0.717, 1.165) is 10.4 Å². The summed E-state index contributed by atoms with van der Waals surface area (Å²) in [6.45, 7) is 0. The Balaban J connectivity index is 1.34. The number of alkyl halides is 4. The minimum atomic E-state index is -4.36. The second-order valence-corrected chi connectivity index (χ2v) is 14.8. The predicted molar refractivity (Wildman–Crippen MR) is 162 cm³/mol. The molecule has 0 radical (unpaired) electrons. The molecule has 2 heterocycles. The molecule has 2 fully saturated rings. The Bertz CT molecular complexity index is 1920. The van der Waals surface area contributed by atoms with E-state index in [1.807, 2.05) is 0 Å². The first kappa shape index (κ1) is 31.7. The van der Waals surface area contributed by atoms with Gasteiger partial charge in [-0.25, -0.2) is 30.4 Å². The van der Waals surface area contributed by atoms with Crippen molar-refractivity contribution in [3.63, 3.8) is 0 Å². The Morgan fingerprint density at radius 3 is 2.43 bits per heavy atom. The summed E-state index contributed by atoms with van der Waals surface area (Å²) in [5.74, 6) is -7.26. The second-order valence-electron chi connectivity index (χ2n) is 13.0. The fourth-order valence-corrected chi connectivity index (χ4v) is 9.31. The van der Waals surface area contributed by atoms with Crippen molar-refractivity contribution in [2.45, 2.75) is 80.3 Å². The number of ketones is 1. The molecule has 3 aromatic rings. The summed E-state index contributed by atoms with van der Waals surface area (Å²) in [4.78, 5) is 18.8. The Hall–Kier alpha value is -3.91. The number of allylic oxidation sites excluding steroid dienone is 3. The van der Waals surface area contributed by atoms with E-state index in [-0.39, 0.29) is 48.4 Å². The number of anilines is 1. The Kier molecular flexibility index (Phi) is 7.47. The number of hydrogen-bond acceptors (Lipinski definition) is 6. The van der Waals surface area contributed by atoms with E-state index in [9.17, 15) is 26.4 Å². The van der Waals surface area contributed by atoms with E-state index in [1.54, 1.807) is 13.1 Å². The number of hydrogen-bond donors (Lipinski definition) is 1. The van der Waals surface area contributed by atoms with Crippen molar-refractivity contribution in [1.82, 2.24) is 19.1 Å². The average molecular weight is 674 g/mol. The molecule has 0 saturated heterocycles. The van der Waals surface area contributed by atoms with Crippen LogP contribution < -0.4 is 5.32 Å². The van der Waals surface area contributed by atoms with Gasteiger partial charge in [0.05, 0.1) is 5.41 Å². The third-order valence-corrected chi connectivity index (χ3v) is 11.8. The van der Waals surface area contributed by atoms with Crippen LogP contribution in [0.4, 0.5) is 27.6 Å². The van der Waals surface area contributed by atoms with Gasteiger partial charge in [-0.3, -0.25) is 14.5 Å². The van der Waals surface area contributed by atoms with Gasteiger partial charge in [0, 0.05) is 67.7 Å². The molecule has 4 aliphatic rings. The maximum atomic E-state index is 15.4. The van der Waals surface area contributed by atoms with E-state index < -0.39 is 70.2 Å². The number of carbonyl (C=O) groups excluding carboxylic acids is 1. The maximum absolute atomic E-state index is 15.4. The molecular weight excluding hydrogens is 641 g/mol. The highest BCUT2D eigenvalue weighted by Crippen LogP contribution is 2.55. The van der Waals surface area contributed by atoms with Crippen molar-refractivity contribution < 1.29 is 35.2 Å². The summed E-state index contributed by atoms with van der Waals surface area (Å²) in [7, 11) is -2.81. The highest BCUT2D eigenvalue weighted by Gasteiger charge is 2.57. The standard InChI is InChI=1S/C33H32F5N5O3S/c1-42-13-10-29(41-42)47(45,46)43(26-18-32(35,36)19-26)25-7-2-21-14-27(40-24-5-3-23(34)4-6-24)20-8-11-33(37,38)22-9-12-39-28(15-22)30(44)31(21,16-20)17-25/h3-6,9-10,12-15,25-26,40H,2,7-8,11,16-19H2,1H3/t25-,31-/m0/s1. The van der Waals surface area contributed by atoms with Gasteiger partial charge in [-0.15, -0.1) is 0 Å². The highest BCUT2D eigenvalue weighted by atomic mass is 32.2. The molecule has 8 nitrogen and oxygen atoms in total. The van der Waals surface area contributed by atoms with Crippen molar-refractivity contribution in [1.29, 1.82) is 0 Å². The normalized spacial score (nSPS) is 25.6. The summed E-state index contributed by atoms with van der Waals surface area (Å²) in [6, 6.07) is 7.30. The molecule has 4 aliphatic carbocycles. The van der Waals surface area contributed by atoms with Crippen LogP contribution in [0, 0.1) is 11.2 Å². The first-order valence-electron chi connectivity index (χ1n) is 15.4. The molecule has 0 amide bonds. The lowest BCUT2D eigenvalue weighted by Gasteiger charge is -2.51. The lowest BCUT2D eigenvalue weighted by atomic mass is 9.59. The highest BCUT2D eigenvalue weighted by molar-refractivity contribution is 7.89. The molecule has 2 saturated carbocycles. The van der Waals surface area contributed by atoms with Gasteiger partial charge in [-0.1, -0.05) is 5.57 Å². The van der Waals surface area contributed by atoms with Crippen molar-refractivity contribution in [3.8, 4) is 0 Å². The number of aromatic nitrogens is 3. The topological polar surface area (TPSA) is 97.2 Å². The molecule has 0 aliphatic heterocycles. The number of fused-ring (bicyclic) bond motifs is 3. The number of nitrogens with one attached hydrogen (secondary N) is 1. The van der Waals surface area contributed by atoms with E-state index in [4.69, 9.17) is 0 Å². The van der Waals surface area contributed by atoms with E-state index in [2.05, 4.69) is 15.4 Å². The van der Waals surface area contributed by atoms with Crippen LogP contribution in [0.2, 0.25) is 0 Å². The number of sulfonamides is 1. The third-order valence-electron chi connectivity index (χ3n) is 9.89. The monoisotopic (exact) mass is 673 g/mol. The van der Waals surface area contributed by atoms with Crippen LogP contribution in [0.5, 0.6) is 0 Å². The van der Waals surface area contributed by atoms with Gasteiger partial charge in [-0.2, -0.15) is 9.40 Å². The molecule has 248 valence electrons. The molecule has 47 heavy (non-hydrogen) atoms. The summed E-state index contributed by atoms with van der Waals surface area (Å²) in [6.07, 6.45) is 2.84. The minimum Gasteiger partial charge on any atom is -0.356 e. The van der Waals surface area contributed by atoms with Gasteiger partial charge in [0.1, 0.15) is 11.5 Å². The molecule has 7 rings (SSSR count). The number of halogens is 5.